The molecule has 0 unspecified atom stereocenters. The van der Waals surface area contributed by atoms with Crippen LogP contribution in [0.15, 0.2) is 30.3 Å². The number of urea groups is 1. The van der Waals surface area contributed by atoms with Gasteiger partial charge in [-0.2, -0.15) is 0 Å². The van der Waals surface area contributed by atoms with Gasteiger partial charge in [-0.15, -0.1) is 0 Å². The van der Waals surface area contributed by atoms with Crippen molar-refractivity contribution in [1.82, 2.24) is 19.6 Å². The molecule has 2 fully saturated rings. The van der Waals surface area contributed by atoms with Crippen LogP contribution in [0.4, 0.5) is 9.59 Å². The molecule has 2 atom stereocenters. The van der Waals surface area contributed by atoms with E-state index in [1.165, 1.54) is 0 Å². The third kappa shape index (κ3) is 5.48. The Bertz CT molecular complexity index is 808. The normalized spacial score (nSPS) is 21.2. The predicted molar refractivity (Wildman–Crippen MR) is 118 cm³/mol. The average Bonchev–Trinajstić information content (AvgIpc) is 3.41. The van der Waals surface area contributed by atoms with Gasteiger partial charge in [0.2, 0.25) is 0 Å². The Labute approximate surface area is 184 Å². The van der Waals surface area contributed by atoms with E-state index in [4.69, 9.17) is 4.74 Å². The number of carbonyl (C=O) groups excluding carboxylic acids is 3. The van der Waals surface area contributed by atoms with Gasteiger partial charge >= 0.3 is 12.1 Å². The van der Waals surface area contributed by atoms with Crippen LogP contribution in [-0.4, -0.2) is 95.6 Å². The molecule has 0 spiro atoms. The van der Waals surface area contributed by atoms with Crippen molar-refractivity contribution < 1.29 is 19.1 Å². The molecule has 1 aromatic rings. The van der Waals surface area contributed by atoms with E-state index in [-0.39, 0.29) is 30.1 Å². The highest BCUT2D eigenvalue weighted by molar-refractivity contribution is 5.94. The van der Waals surface area contributed by atoms with Crippen LogP contribution in [0.5, 0.6) is 0 Å². The van der Waals surface area contributed by atoms with Gasteiger partial charge in [-0.3, -0.25) is 4.79 Å². The molecule has 8 heteroatoms. The molecule has 0 aromatic heterocycles. The summed E-state index contributed by atoms with van der Waals surface area (Å²) in [5.41, 5.74) is 0.121. The predicted octanol–water partition coefficient (Wildman–Crippen LogP) is 2.89. The Morgan fingerprint density at radius 2 is 1.45 bits per heavy atom. The van der Waals surface area contributed by atoms with Gasteiger partial charge < -0.3 is 24.3 Å². The molecule has 0 radical (unpaired) electrons. The minimum Gasteiger partial charge on any atom is -0.444 e. The van der Waals surface area contributed by atoms with Gasteiger partial charge in [0.25, 0.3) is 5.91 Å². The van der Waals surface area contributed by atoms with Crippen molar-refractivity contribution in [2.45, 2.75) is 51.3 Å². The third-order valence-electron chi connectivity index (χ3n) is 5.98. The molecule has 1 aromatic carbocycles. The standard InChI is InChI=1S/C23H34N4O4/c1-23(2,3)31-22(30)25(5)19-12-14-27(16-19)21(29)24(4)18-11-13-26(15-18)20(28)17-9-7-6-8-10-17/h6-10,18-19H,11-16H2,1-5H3/t18-,19+/m1/s1. The zero-order chi connectivity index (χ0) is 22.8. The summed E-state index contributed by atoms with van der Waals surface area (Å²) < 4.78 is 5.44. The molecule has 4 amide bonds. The van der Waals surface area contributed by atoms with Gasteiger partial charge in [0.05, 0.1) is 12.1 Å². The molecular weight excluding hydrogens is 396 g/mol. The molecule has 31 heavy (non-hydrogen) atoms. The number of benzene rings is 1. The van der Waals surface area contributed by atoms with Crippen molar-refractivity contribution in [2.75, 3.05) is 40.3 Å². The highest BCUT2D eigenvalue weighted by atomic mass is 16.6. The molecule has 8 nitrogen and oxygen atoms in total. The van der Waals surface area contributed by atoms with Crippen molar-refractivity contribution >= 4 is 18.0 Å². The molecule has 3 rings (SSSR count). The molecule has 0 aliphatic carbocycles. The Morgan fingerprint density at radius 3 is 2.06 bits per heavy atom. The Hall–Kier alpha value is -2.77. The van der Waals surface area contributed by atoms with E-state index >= 15 is 0 Å². The number of rotatable bonds is 3. The molecule has 0 bridgehead atoms. The number of hydrogen-bond donors (Lipinski definition) is 0. The molecule has 170 valence electrons. The van der Waals surface area contributed by atoms with Crippen molar-refractivity contribution in [3.8, 4) is 0 Å². The van der Waals surface area contributed by atoms with Crippen LogP contribution in [0.3, 0.4) is 0 Å². The van der Waals surface area contributed by atoms with Gasteiger partial charge in [-0.1, -0.05) is 18.2 Å². The smallest absolute Gasteiger partial charge is 0.410 e. The van der Waals surface area contributed by atoms with Crippen molar-refractivity contribution in [3.63, 3.8) is 0 Å². The fraction of sp³-hybridized carbons (Fsp3) is 0.609. The highest BCUT2D eigenvalue weighted by Crippen LogP contribution is 2.22. The van der Waals surface area contributed by atoms with Crippen LogP contribution in [-0.2, 0) is 4.74 Å². The molecular formula is C23H34N4O4. The summed E-state index contributed by atoms with van der Waals surface area (Å²) in [4.78, 5) is 45.0. The quantitative estimate of drug-likeness (QED) is 0.739. The fourth-order valence-corrected chi connectivity index (χ4v) is 4.10. The summed E-state index contributed by atoms with van der Waals surface area (Å²) >= 11 is 0. The molecule has 0 N–H and O–H groups in total. The lowest BCUT2D eigenvalue weighted by atomic mass is 10.2. The lowest BCUT2D eigenvalue weighted by Gasteiger charge is -2.31. The first-order valence-electron chi connectivity index (χ1n) is 10.9. The Kier molecular flexibility index (Phi) is 6.77. The van der Waals surface area contributed by atoms with E-state index in [1.54, 1.807) is 28.8 Å². The molecule has 2 saturated heterocycles. The van der Waals surface area contributed by atoms with Crippen molar-refractivity contribution in [3.05, 3.63) is 35.9 Å². The number of likely N-dealkylation sites (tertiary alicyclic amines) is 2. The van der Waals surface area contributed by atoms with E-state index in [9.17, 15) is 14.4 Å². The lowest BCUT2D eigenvalue weighted by Crippen LogP contribution is -2.48. The summed E-state index contributed by atoms with van der Waals surface area (Å²) in [5.74, 6) is 0.00386. The summed E-state index contributed by atoms with van der Waals surface area (Å²) in [6, 6.07) is 9.10. The second-order valence-electron chi connectivity index (χ2n) is 9.43. The van der Waals surface area contributed by atoms with Crippen molar-refractivity contribution in [1.29, 1.82) is 0 Å². The maximum absolute atomic E-state index is 13.1. The van der Waals surface area contributed by atoms with E-state index < -0.39 is 5.60 Å². The lowest BCUT2D eigenvalue weighted by molar-refractivity contribution is 0.0229. The second kappa shape index (κ2) is 9.16. The minimum absolute atomic E-state index is 0.00386. The number of ether oxygens (including phenoxy) is 1. The summed E-state index contributed by atoms with van der Waals surface area (Å²) in [5, 5.41) is 0. The average molecular weight is 431 g/mol. The van der Waals surface area contributed by atoms with Crippen LogP contribution < -0.4 is 0 Å². The number of nitrogens with zero attached hydrogens (tertiary/aromatic N) is 4. The maximum Gasteiger partial charge on any atom is 0.410 e. The SMILES string of the molecule is CN(C(=O)OC(C)(C)C)[C@H]1CCN(C(=O)N(C)[C@@H]2CCN(C(=O)c3ccccc3)C2)C1. The first kappa shape index (κ1) is 22.9. The van der Waals surface area contributed by atoms with Crippen LogP contribution in [0.1, 0.15) is 44.0 Å². The van der Waals surface area contributed by atoms with Gasteiger partial charge in [0, 0.05) is 45.8 Å². The van der Waals surface area contributed by atoms with Gasteiger partial charge in [0.1, 0.15) is 5.60 Å². The van der Waals surface area contributed by atoms with Gasteiger partial charge in [-0.05, 0) is 45.7 Å². The van der Waals surface area contributed by atoms with Gasteiger partial charge in [-0.25, -0.2) is 9.59 Å². The molecule has 2 aliphatic rings. The van der Waals surface area contributed by atoms with Crippen LogP contribution >= 0.6 is 0 Å². The highest BCUT2D eigenvalue weighted by Gasteiger charge is 2.37. The fourth-order valence-electron chi connectivity index (χ4n) is 4.10. The zero-order valence-corrected chi connectivity index (χ0v) is 19.2. The maximum atomic E-state index is 13.1. The second-order valence-corrected chi connectivity index (χ2v) is 9.43. The summed E-state index contributed by atoms with van der Waals surface area (Å²) in [6.45, 7) is 7.77. The number of amides is 4. The van der Waals surface area contributed by atoms with Gasteiger partial charge in [0.15, 0.2) is 0 Å². The first-order chi connectivity index (χ1) is 14.6. The largest absolute Gasteiger partial charge is 0.444 e. The summed E-state index contributed by atoms with van der Waals surface area (Å²) in [7, 11) is 3.52. The summed E-state index contributed by atoms with van der Waals surface area (Å²) in [6.07, 6.45) is 1.11. The monoisotopic (exact) mass is 430 g/mol. The van der Waals surface area contributed by atoms with E-state index in [2.05, 4.69) is 0 Å². The number of hydrogen-bond acceptors (Lipinski definition) is 4. The molecule has 0 saturated carbocycles. The minimum atomic E-state index is -0.550. The van der Waals surface area contributed by atoms with Crippen LogP contribution in [0.25, 0.3) is 0 Å². The topological polar surface area (TPSA) is 73.4 Å². The Balaban J connectivity index is 1.53. The van der Waals surface area contributed by atoms with E-state index in [0.29, 0.717) is 31.7 Å². The molecule has 2 aliphatic heterocycles. The zero-order valence-electron chi connectivity index (χ0n) is 19.2. The van der Waals surface area contributed by atoms with E-state index in [0.717, 1.165) is 12.8 Å². The number of likely N-dealkylation sites (N-methyl/N-ethyl adjacent to an activating group) is 2. The third-order valence-corrected chi connectivity index (χ3v) is 5.98. The Morgan fingerprint density at radius 1 is 0.903 bits per heavy atom. The van der Waals surface area contributed by atoms with Crippen LogP contribution in [0, 0.1) is 0 Å². The van der Waals surface area contributed by atoms with Crippen molar-refractivity contribution in [2.24, 2.45) is 0 Å². The van der Waals surface area contributed by atoms with E-state index in [1.807, 2.05) is 56.0 Å². The molecule has 2 heterocycles. The van der Waals surface area contributed by atoms with Crippen LogP contribution in [0.2, 0.25) is 0 Å². The first-order valence-corrected chi connectivity index (χ1v) is 10.9. The number of carbonyl (C=O) groups is 3.